The minimum absolute atomic E-state index is 0.0488. The molecule has 12 heteroatoms. The highest BCUT2D eigenvalue weighted by atomic mass is 35.5. The monoisotopic (exact) mass is 606 g/mol. The Morgan fingerprint density at radius 3 is 2.12 bits per heavy atom. The predicted octanol–water partition coefficient (Wildman–Crippen LogP) is 6.64. The number of carbonyl (C=O) groups is 2. The summed E-state index contributed by atoms with van der Waals surface area (Å²) in [5.41, 5.74) is -2.95. The quantitative estimate of drug-likeness (QED) is 0.330. The van der Waals surface area contributed by atoms with Crippen LogP contribution in [-0.4, -0.2) is 58.7 Å². The van der Waals surface area contributed by atoms with Gasteiger partial charge in [-0.25, -0.2) is 14.0 Å². The molecule has 1 saturated heterocycles. The fourth-order valence-electron chi connectivity index (χ4n) is 4.73. The van der Waals surface area contributed by atoms with E-state index in [9.17, 15) is 27.2 Å². The van der Waals surface area contributed by atoms with Crippen molar-refractivity contribution in [1.29, 1.82) is 0 Å². The van der Waals surface area contributed by atoms with Crippen LogP contribution in [0.25, 0.3) is 0 Å². The number of piperazine rings is 1. The van der Waals surface area contributed by atoms with Gasteiger partial charge in [-0.15, -0.1) is 0 Å². The fourth-order valence-corrected chi connectivity index (χ4v) is 4.84. The van der Waals surface area contributed by atoms with Gasteiger partial charge in [0.1, 0.15) is 17.0 Å². The molecule has 3 aromatic rings. The van der Waals surface area contributed by atoms with Gasteiger partial charge in [-0.05, 0) is 62.2 Å². The van der Waals surface area contributed by atoms with E-state index >= 15 is 0 Å². The maximum atomic E-state index is 14.8. The molecule has 4 rings (SSSR count). The highest BCUT2D eigenvalue weighted by molar-refractivity contribution is 6.30. The minimum Gasteiger partial charge on any atom is -0.444 e. The molecule has 0 radical (unpaired) electrons. The van der Waals surface area contributed by atoms with E-state index in [-0.39, 0.29) is 48.9 Å². The zero-order valence-electron chi connectivity index (χ0n) is 23.3. The van der Waals surface area contributed by atoms with Crippen LogP contribution in [0.5, 0.6) is 0 Å². The topological polar surface area (TPSA) is 74.8 Å². The molecule has 1 N–H and O–H groups in total. The lowest BCUT2D eigenvalue weighted by molar-refractivity contribution is -0.137. The van der Waals surface area contributed by atoms with E-state index in [0.29, 0.717) is 11.6 Å². The van der Waals surface area contributed by atoms with Crippen LogP contribution in [0.1, 0.15) is 43.2 Å². The highest BCUT2D eigenvalue weighted by Gasteiger charge is 2.42. The summed E-state index contributed by atoms with van der Waals surface area (Å²) >= 11 is 6.08. The Balaban J connectivity index is 1.75. The van der Waals surface area contributed by atoms with Crippen molar-refractivity contribution in [2.45, 2.75) is 44.5 Å². The third kappa shape index (κ3) is 7.50. The summed E-state index contributed by atoms with van der Waals surface area (Å²) in [6.45, 7) is 5.90. The van der Waals surface area contributed by atoms with Crippen LogP contribution in [0.4, 0.5) is 27.2 Å². The SMILES string of the molecule is CC(C)(C)OC(=O)N1CCN(C(=O)N[C@](Cc2ccccc2)(c2cc(F)cc(C(F)(F)F)c2)c2ccc(Cl)cn2)CC1. The molecule has 3 amide bonds. The normalized spacial score (nSPS) is 15.6. The molecular weight excluding hydrogens is 576 g/mol. The van der Waals surface area contributed by atoms with Crippen molar-refractivity contribution in [3.05, 3.63) is 100 Å². The summed E-state index contributed by atoms with van der Waals surface area (Å²) in [7, 11) is 0. The van der Waals surface area contributed by atoms with Gasteiger partial charge < -0.3 is 19.9 Å². The van der Waals surface area contributed by atoms with Gasteiger partial charge in [0, 0.05) is 38.8 Å². The number of halogens is 5. The summed E-state index contributed by atoms with van der Waals surface area (Å²) in [6, 6.07) is 13.3. The molecule has 42 heavy (non-hydrogen) atoms. The Labute approximate surface area is 246 Å². The number of nitrogens with zero attached hydrogens (tertiary/aromatic N) is 3. The number of urea groups is 1. The van der Waals surface area contributed by atoms with Crippen LogP contribution in [0.2, 0.25) is 5.02 Å². The van der Waals surface area contributed by atoms with Gasteiger partial charge in [0.2, 0.25) is 0 Å². The number of hydrogen-bond donors (Lipinski definition) is 1. The van der Waals surface area contributed by atoms with Gasteiger partial charge in [-0.2, -0.15) is 13.2 Å². The van der Waals surface area contributed by atoms with Crippen molar-refractivity contribution in [3.8, 4) is 0 Å². The lowest BCUT2D eigenvalue weighted by Gasteiger charge is -2.40. The van der Waals surface area contributed by atoms with Crippen molar-refractivity contribution in [2.24, 2.45) is 0 Å². The first-order valence-corrected chi connectivity index (χ1v) is 13.6. The Hall–Kier alpha value is -3.86. The number of rotatable bonds is 5. The van der Waals surface area contributed by atoms with Crippen LogP contribution in [0.3, 0.4) is 0 Å². The average Bonchev–Trinajstić information content (AvgIpc) is 2.92. The summed E-state index contributed by atoms with van der Waals surface area (Å²) in [5.74, 6) is -1.12. The average molecular weight is 607 g/mol. The molecule has 1 aromatic heterocycles. The number of pyridine rings is 1. The van der Waals surface area contributed by atoms with E-state index in [2.05, 4.69) is 10.3 Å². The van der Waals surface area contributed by atoms with E-state index in [0.717, 1.165) is 12.1 Å². The molecule has 0 aliphatic carbocycles. The van der Waals surface area contributed by atoms with Crippen LogP contribution >= 0.6 is 11.6 Å². The number of carbonyl (C=O) groups excluding carboxylic acids is 2. The second kappa shape index (κ2) is 12.2. The largest absolute Gasteiger partial charge is 0.444 e. The Bertz CT molecular complexity index is 1410. The summed E-state index contributed by atoms with van der Waals surface area (Å²) < 4.78 is 61.8. The van der Waals surface area contributed by atoms with E-state index in [1.54, 1.807) is 51.1 Å². The Morgan fingerprint density at radius 2 is 1.55 bits per heavy atom. The van der Waals surface area contributed by atoms with Crippen LogP contribution in [0.15, 0.2) is 66.9 Å². The molecule has 2 heterocycles. The van der Waals surface area contributed by atoms with Crippen molar-refractivity contribution >= 4 is 23.7 Å². The number of nitrogens with one attached hydrogen (secondary N) is 1. The van der Waals surface area contributed by atoms with Crippen LogP contribution in [0, 0.1) is 5.82 Å². The van der Waals surface area contributed by atoms with Gasteiger partial charge in [0.15, 0.2) is 0 Å². The number of ether oxygens (including phenoxy) is 1. The molecule has 1 atom stereocenters. The summed E-state index contributed by atoms with van der Waals surface area (Å²) in [6.07, 6.45) is -4.09. The van der Waals surface area contributed by atoms with E-state index in [1.165, 1.54) is 28.1 Å². The standard InChI is InChI=1S/C30H31ClF4N4O3/c1-28(2,3)42-27(41)39-13-11-38(12-14-39)26(40)37-29(18-20-7-5-4-6-8-20,25-10-9-23(31)19-36-25)21-15-22(30(33,34)35)17-24(32)16-21/h4-10,15-17,19H,11-14,18H2,1-3H3,(H,37,40)/t29-/m1/s1. The molecule has 1 aliphatic heterocycles. The number of hydrogen-bond acceptors (Lipinski definition) is 4. The third-order valence-corrected chi connectivity index (χ3v) is 6.96. The molecule has 0 spiro atoms. The molecule has 224 valence electrons. The highest BCUT2D eigenvalue weighted by Crippen LogP contribution is 2.38. The molecule has 0 saturated carbocycles. The Kier molecular flexibility index (Phi) is 9.01. The van der Waals surface area contributed by atoms with E-state index in [4.69, 9.17) is 16.3 Å². The smallest absolute Gasteiger partial charge is 0.416 e. The minimum atomic E-state index is -4.84. The van der Waals surface area contributed by atoms with Gasteiger partial charge >= 0.3 is 18.3 Å². The first-order chi connectivity index (χ1) is 19.7. The van der Waals surface area contributed by atoms with Crippen molar-refractivity contribution < 1.29 is 31.9 Å². The van der Waals surface area contributed by atoms with Gasteiger partial charge in [-0.3, -0.25) is 4.98 Å². The number of alkyl halides is 3. The fraction of sp³-hybridized carbons (Fsp3) is 0.367. The van der Waals surface area contributed by atoms with Crippen molar-refractivity contribution in [3.63, 3.8) is 0 Å². The molecule has 0 bridgehead atoms. The number of benzene rings is 2. The van der Waals surface area contributed by atoms with Gasteiger partial charge in [-0.1, -0.05) is 41.9 Å². The third-order valence-electron chi connectivity index (χ3n) is 6.73. The summed E-state index contributed by atoms with van der Waals surface area (Å²) in [4.78, 5) is 33.6. The lowest BCUT2D eigenvalue weighted by atomic mass is 9.79. The first kappa shape index (κ1) is 31.1. The molecule has 1 aliphatic rings. The summed E-state index contributed by atoms with van der Waals surface area (Å²) in [5, 5.41) is 3.17. The van der Waals surface area contributed by atoms with Gasteiger partial charge in [0.25, 0.3) is 0 Å². The van der Waals surface area contributed by atoms with Gasteiger partial charge in [0.05, 0.1) is 16.3 Å². The maximum absolute atomic E-state index is 14.8. The molecule has 7 nitrogen and oxygen atoms in total. The van der Waals surface area contributed by atoms with Crippen molar-refractivity contribution in [2.75, 3.05) is 26.2 Å². The van der Waals surface area contributed by atoms with E-state index in [1.807, 2.05) is 0 Å². The zero-order chi connectivity index (χ0) is 30.7. The molecular formula is C30H31ClF4N4O3. The molecule has 1 fully saturated rings. The zero-order valence-corrected chi connectivity index (χ0v) is 24.1. The predicted molar refractivity (Wildman–Crippen MR) is 149 cm³/mol. The maximum Gasteiger partial charge on any atom is 0.416 e. The first-order valence-electron chi connectivity index (χ1n) is 13.3. The number of amides is 3. The second-order valence-electron chi connectivity index (χ2n) is 11.0. The van der Waals surface area contributed by atoms with Crippen LogP contribution < -0.4 is 5.32 Å². The van der Waals surface area contributed by atoms with E-state index < -0.39 is 40.8 Å². The molecule has 2 aromatic carbocycles. The Morgan fingerprint density at radius 1 is 0.929 bits per heavy atom. The van der Waals surface area contributed by atoms with Crippen molar-refractivity contribution in [1.82, 2.24) is 20.1 Å². The number of aromatic nitrogens is 1. The van der Waals surface area contributed by atoms with Crippen LogP contribution in [-0.2, 0) is 22.9 Å². The second-order valence-corrected chi connectivity index (χ2v) is 11.5. The lowest BCUT2D eigenvalue weighted by Crippen LogP contribution is -2.58. The molecule has 0 unspecified atom stereocenters.